The minimum Gasteiger partial charge on any atom is -0.346 e. The molecule has 2 amide bonds. The summed E-state index contributed by atoms with van der Waals surface area (Å²) in [5.41, 5.74) is 1.50. The van der Waals surface area contributed by atoms with Crippen molar-refractivity contribution in [1.29, 1.82) is 0 Å². The highest BCUT2D eigenvalue weighted by Crippen LogP contribution is 2.35. The fraction of sp³-hybridized carbons (Fsp3) is 0.600. The quantitative estimate of drug-likeness (QED) is 0.828. The number of nitrogens with zero attached hydrogens (tertiary/aromatic N) is 1. The first-order valence-corrected chi connectivity index (χ1v) is 9.94. The van der Waals surface area contributed by atoms with Gasteiger partial charge in [0, 0.05) is 17.3 Å². The summed E-state index contributed by atoms with van der Waals surface area (Å²) in [7, 11) is 0. The van der Waals surface area contributed by atoms with E-state index in [1.165, 1.54) is 32.1 Å². The molecular weight excluding hydrogens is 350 g/mol. The van der Waals surface area contributed by atoms with Crippen molar-refractivity contribution in [2.24, 2.45) is 11.8 Å². The highest BCUT2D eigenvalue weighted by Gasteiger charge is 2.31. The zero-order valence-corrected chi connectivity index (χ0v) is 16.1. The molecule has 1 saturated carbocycles. The van der Waals surface area contributed by atoms with Gasteiger partial charge in [-0.15, -0.1) is 0 Å². The van der Waals surface area contributed by atoms with E-state index in [0.29, 0.717) is 17.3 Å². The fourth-order valence-electron chi connectivity index (χ4n) is 4.19. The average Bonchev–Trinajstić information content (AvgIpc) is 2.64. The van der Waals surface area contributed by atoms with Gasteiger partial charge < -0.3 is 10.6 Å². The van der Waals surface area contributed by atoms with Gasteiger partial charge in [0.05, 0.1) is 13.1 Å². The van der Waals surface area contributed by atoms with Gasteiger partial charge in [-0.25, -0.2) is 0 Å². The number of amides is 2. The lowest BCUT2D eigenvalue weighted by molar-refractivity contribution is -0.125. The van der Waals surface area contributed by atoms with E-state index in [9.17, 15) is 9.59 Å². The lowest BCUT2D eigenvalue weighted by Gasteiger charge is -2.41. The van der Waals surface area contributed by atoms with Crippen molar-refractivity contribution < 1.29 is 9.59 Å². The number of likely N-dealkylation sites (tertiary alicyclic amines) is 1. The molecule has 1 aromatic carbocycles. The molecule has 2 aliphatic rings. The topological polar surface area (TPSA) is 61.4 Å². The van der Waals surface area contributed by atoms with Crippen LogP contribution >= 0.6 is 11.6 Å². The van der Waals surface area contributed by atoms with Gasteiger partial charge in [0.25, 0.3) is 0 Å². The van der Waals surface area contributed by atoms with E-state index in [-0.39, 0.29) is 18.4 Å². The Morgan fingerprint density at radius 1 is 1.15 bits per heavy atom. The van der Waals surface area contributed by atoms with Gasteiger partial charge in [0.2, 0.25) is 11.8 Å². The van der Waals surface area contributed by atoms with Crippen molar-refractivity contribution in [2.45, 2.75) is 39.0 Å². The maximum Gasteiger partial charge on any atom is 0.243 e. The number of piperidine rings is 1. The van der Waals surface area contributed by atoms with Gasteiger partial charge in [-0.05, 0) is 55.8 Å². The molecule has 2 N–H and O–H groups in total. The largest absolute Gasteiger partial charge is 0.346 e. The molecule has 0 aromatic heterocycles. The van der Waals surface area contributed by atoms with Crippen LogP contribution in [0, 0.1) is 18.8 Å². The second-order valence-corrected chi connectivity index (χ2v) is 7.97. The zero-order valence-electron chi connectivity index (χ0n) is 15.4. The van der Waals surface area contributed by atoms with Gasteiger partial charge in [0.15, 0.2) is 0 Å². The number of carbonyl (C=O) groups excluding carboxylic acids is 2. The second kappa shape index (κ2) is 8.87. The number of hydrogen-bond donors (Lipinski definition) is 2. The monoisotopic (exact) mass is 377 g/mol. The van der Waals surface area contributed by atoms with Crippen LogP contribution in [0.4, 0.5) is 5.69 Å². The number of carbonyl (C=O) groups is 2. The number of rotatable bonds is 5. The maximum atomic E-state index is 12.2. The molecule has 1 aromatic rings. The molecular formula is C20H28ClN3O2. The second-order valence-electron chi connectivity index (χ2n) is 7.57. The van der Waals surface area contributed by atoms with E-state index in [1.807, 2.05) is 6.92 Å². The Morgan fingerprint density at radius 3 is 2.73 bits per heavy atom. The number of anilines is 1. The van der Waals surface area contributed by atoms with Gasteiger partial charge in [-0.3, -0.25) is 14.5 Å². The molecule has 0 bridgehead atoms. The van der Waals surface area contributed by atoms with Crippen molar-refractivity contribution in [3.05, 3.63) is 28.8 Å². The Bertz CT molecular complexity index is 664. The van der Waals surface area contributed by atoms with Crippen molar-refractivity contribution in [3.63, 3.8) is 0 Å². The highest BCUT2D eigenvalue weighted by molar-refractivity contribution is 6.31. The molecule has 1 aliphatic heterocycles. The first-order valence-electron chi connectivity index (χ1n) is 9.57. The zero-order chi connectivity index (χ0) is 18.5. The van der Waals surface area contributed by atoms with Crippen LogP contribution in [0.1, 0.15) is 37.7 Å². The number of nitrogens with one attached hydrogen (secondary N) is 2. The van der Waals surface area contributed by atoms with Gasteiger partial charge in [-0.1, -0.05) is 36.9 Å². The molecule has 1 saturated heterocycles. The summed E-state index contributed by atoms with van der Waals surface area (Å²) in [6.45, 7) is 4.22. The summed E-state index contributed by atoms with van der Waals surface area (Å²) in [4.78, 5) is 26.5. The van der Waals surface area contributed by atoms with Crippen LogP contribution in [-0.4, -0.2) is 42.9 Å². The summed E-state index contributed by atoms with van der Waals surface area (Å²) in [6, 6.07) is 5.37. The normalized spacial score (nSPS) is 23.2. The molecule has 0 spiro atoms. The van der Waals surface area contributed by atoms with Crippen molar-refractivity contribution >= 4 is 29.1 Å². The fourth-order valence-corrected chi connectivity index (χ4v) is 4.37. The number of fused-ring (bicyclic) bond motifs is 1. The predicted octanol–water partition coefficient (Wildman–Crippen LogP) is 3.22. The average molecular weight is 378 g/mol. The first kappa shape index (κ1) is 19.2. The third-order valence-corrected chi connectivity index (χ3v) is 6.14. The molecule has 2 atom stereocenters. The van der Waals surface area contributed by atoms with E-state index < -0.39 is 0 Å². The van der Waals surface area contributed by atoms with E-state index >= 15 is 0 Å². The highest BCUT2D eigenvalue weighted by atomic mass is 35.5. The molecule has 26 heavy (non-hydrogen) atoms. The van der Waals surface area contributed by atoms with Crippen LogP contribution in [0.25, 0.3) is 0 Å². The van der Waals surface area contributed by atoms with Crippen LogP contribution in [0.2, 0.25) is 5.02 Å². The van der Waals surface area contributed by atoms with Crippen LogP contribution in [0.3, 0.4) is 0 Å². The summed E-state index contributed by atoms with van der Waals surface area (Å²) >= 11 is 6.06. The van der Waals surface area contributed by atoms with E-state index in [4.69, 9.17) is 11.6 Å². The Balaban J connectivity index is 1.41. The summed E-state index contributed by atoms with van der Waals surface area (Å²) < 4.78 is 0. The Hall–Kier alpha value is -1.59. The molecule has 5 nitrogen and oxygen atoms in total. The Labute approximate surface area is 160 Å². The van der Waals surface area contributed by atoms with Crippen LogP contribution in [-0.2, 0) is 9.59 Å². The lowest BCUT2D eigenvalue weighted by atomic mass is 9.75. The first-order chi connectivity index (χ1) is 12.5. The predicted molar refractivity (Wildman–Crippen MR) is 104 cm³/mol. The van der Waals surface area contributed by atoms with E-state index in [2.05, 4.69) is 15.5 Å². The van der Waals surface area contributed by atoms with Gasteiger partial charge in [0.1, 0.15) is 0 Å². The molecule has 2 fully saturated rings. The SMILES string of the molecule is Cc1c(Cl)cccc1NC(=O)CNC(=O)CN1CC[C@@H]2CCCC[C@@H]2C1. The number of halogens is 1. The summed E-state index contributed by atoms with van der Waals surface area (Å²) in [5.74, 6) is 1.28. The van der Waals surface area contributed by atoms with Crippen LogP contribution in [0.5, 0.6) is 0 Å². The van der Waals surface area contributed by atoms with E-state index in [1.54, 1.807) is 18.2 Å². The summed E-state index contributed by atoms with van der Waals surface area (Å²) in [5, 5.41) is 6.14. The molecule has 6 heteroatoms. The third-order valence-electron chi connectivity index (χ3n) is 5.73. The lowest BCUT2D eigenvalue weighted by Crippen LogP contribution is -2.47. The molecule has 3 rings (SSSR count). The smallest absolute Gasteiger partial charge is 0.243 e. The number of benzene rings is 1. The summed E-state index contributed by atoms with van der Waals surface area (Å²) in [6.07, 6.45) is 6.54. The van der Waals surface area contributed by atoms with Crippen molar-refractivity contribution in [2.75, 3.05) is 31.5 Å². The number of hydrogen-bond acceptors (Lipinski definition) is 3. The van der Waals surface area contributed by atoms with Gasteiger partial charge in [-0.2, -0.15) is 0 Å². The minimum absolute atomic E-state index is 0.0231. The maximum absolute atomic E-state index is 12.2. The van der Waals surface area contributed by atoms with Gasteiger partial charge >= 0.3 is 0 Å². The molecule has 0 unspecified atom stereocenters. The van der Waals surface area contributed by atoms with E-state index in [0.717, 1.165) is 30.5 Å². The molecule has 0 radical (unpaired) electrons. The third kappa shape index (κ3) is 4.98. The Kier molecular flexibility index (Phi) is 6.54. The molecule has 1 aliphatic carbocycles. The van der Waals surface area contributed by atoms with Crippen molar-refractivity contribution in [3.8, 4) is 0 Å². The van der Waals surface area contributed by atoms with Crippen LogP contribution < -0.4 is 10.6 Å². The molecule has 142 valence electrons. The molecule has 1 heterocycles. The minimum atomic E-state index is -0.241. The standard InChI is InChI=1S/C20H28ClN3O2/c1-14-17(21)7-4-8-18(14)23-19(25)11-22-20(26)13-24-10-9-15-5-2-3-6-16(15)12-24/h4,7-8,15-16H,2-3,5-6,9-13H2,1H3,(H,22,26)(H,23,25)/t15-,16+/m0/s1. The van der Waals surface area contributed by atoms with Crippen molar-refractivity contribution in [1.82, 2.24) is 10.2 Å². The van der Waals surface area contributed by atoms with Crippen LogP contribution in [0.15, 0.2) is 18.2 Å². The Morgan fingerprint density at radius 2 is 1.92 bits per heavy atom.